The number of fused-ring (bicyclic) bond motifs is 1. The van der Waals surface area contributed by atoms with E-state index < -0.39 is 10.0 Å². The first-order valence-electron chi connectivity index (χ1n) is 9.99. The van der Waals surface area contributed by atoms with Gasteiger partial charge in [-0.25, -0.2) is 13.1 Å². The third kappa shape index (κ3) is 4.70. The van der Waals surface area contributed by atoms with Gasteiger partial charge in [-0.3, -0.25) is 14.2 Å². The SMILES string of the molecule is COc1ccccc1CNS(=O)(=O)c1ccc2c(c1)sc(=O)n2CC(=O)N1CCOCC1. The van der Waals surface area contributed by atoms with Crippen LogP contribution in [0.3, 0.4) is 0 Å². The van der Waals surface area contributed by atoms with Crippen LogP contribution in [0, 0.1) is 0 Å². The molecule has 170 valence electrons. The third-order valence-electron chi connectivity index (χ3n) is 5.25. The Morgan fingerprint density at radius 3 is 2.69 bits per heavy atom. The van der Waals surface area contributed by atoms with Crippen LogP contribution in [-0.2, 0) is 32.6 Å². The van der Waals surface area contributed by atoms with Crippen molar-refractivity contribution in [1.29, 1.82) is 0 Å². The van der Waals surface area contributed by atoms with Crippen LogP contribution in [0.2, 0.25) is 0 Å². The summed E-state index contributed by atoms with van der Waals surface area (Å²) >= 11 is 0.918. The van der Waals surface area contributed by atoms with Gasteiger partial charge in [-0.05, 0) is 24.3 Å². The smallest absolute Gasteiger partial charge is 0.308 e. The van der Waals surface area contributed by atoms with Gasteiger partial charge in [0.25, 0.3) is 0 Å². The summed E-state index contributed by atoms with van der Waals surface area (Å²) in [6.07, 6.45) is 0. The fraction of sp³-hybridized carbons (Fsp3) is 0.333. The number of thiazole rings is 1. The van der Waals surface area contributed by atoms with Crippen molar-refractivity contribution >= 4 is 37.5 Å². The lowest BCUT2D eigenvalue weighted by atomic mass is 10.2. The van der Waals surface area contributed by atoms with Gasteiger partial charge in [0.15, 0.2) is 0 Å². The van der Waals surface area contributed by atoms with E-state index in [2.05, 4.69) is 4.72 Å². The molecule has 3 aromatic rings. The van der Waals surface area contributed by atoms with Crippen molar-refractivity contribution in [2.75, 3.05) is 33.4 Å². The van der Waals surface area contributed by atoms with E-state index in [0.717, 1.165) is 11.3 Å². The highest BCUT2D eigenvalue weighted by Crippen LogP contribution is 2.23. The summed E-state index contributed by atoms with van der Waals surface area (Å²) in [6.45, 7) is 1.93. The zero-order chi connectivity index (χ0) is 22.7. The Morgan fingerprint density at radius 2 is 1.94 bits per heavy atom. The Kier molecular flexibility index (Phi) is 6.60. The molecule has 4 rings (SSSR count). The second-order valence-corrected chi connectivity index (χ2v) is 9.97. The first-order valence-corrected chi connectivity index (χ1v) is 12.3. The number of aromatic nitrogens is 1. The minimum absolute atomic E-state index is 0.0489. The van der Waals surface area contributed by atoms with Crippen molar-refractivity contribution in [3.05, 3.63) is 57.7 Å². The molecule has 0 unspecified atom stereocenters. The van der Waals surface area contributed by atoms with Crippen molar-refractivity contribution in [2.45, 2.75) is 18.0 Å². The van der Waals surface area contributed by atoms with E-state index in [1.807, 2.05) is 0 Å². The fourth-order valence-corrected chi connectivity index (χ4v) is 5.55. The van der Waals surface area contributed by atoms with Gasteiger partial charge in [0, 0.05) is 25.2 Å². The molecule has 0 aliphatic carbocycles. The Balaban J connectivity index is 1.54. The third-order valence-corrected chi connectivity index (χ3v) is 7.59. The minimum Gasteiger partial charge on any atom is -0.496 e. The summed E-state index contributed by atoms with van der Waals surface area (Å²) in [7, 11) is -2.29. The van der Waals surface area contributed by atoms with E-state index in [0.29, 0.717) is 47.8 Å². The number of ether oxygens (including phenoxy) is 2. The van der Waals surface area contributed by atoms with Gasteiger partial charge in [-0.2, -0.15) is 0 Å². The van der Waals surface area contributed by atoms with E-state index in [9.17, 15) is 18.0 Å². The Morgan fingerprint density at radius 1 is 1.19 bits per heavy atom. The van der Waals surface area contributed by atoms with Crippen LogP contribution >= 0.6 is 11.3 Å². The maximum Gasteiger partial charge on any atom is 0.308 e. The zero-order valence-corrected chi connectivity index (χ0v) is 19.1. The number of carbonyl (C=O) groups excluding carboxylic acids is 1. The van der Waals surface area contributed by atoms with Crippen LogP contribution in [0.5, 0.6) is 5.75 Å². The maximum absolute atomic E-state index is 12.8. The number of amides is 1. The molecular weight excluding hydrogens is 454 g/mol. The van der Waals surface area contributed by atoms with Gasteiger partial charge in [-0.15, -0.1) is 0 Å². The molecular formula is C21H23N3O6S2. The molecule has 32 heavy (non-hydrogen) atoms. The fourth-order valence-electron chi connectivity index (χ4n) is 3.52. The molecule has 1 aliphatic rings. The van der Waals surface area contributed by atoms with Crippen molar-refractivity contribution < 1.29 is 22.7 Å². The summed E-state index contributed by atoms with van der Waals surface area (Å²) in [4.78, 5) is 26.5. The molecule has 1 fully saturated rings. The second kappa shape index (κ2) is 9.41. The number of nitrogens with one attached hydrogen (secondary N) is 1. The number of rotatable bonds is 7. The molecule has 1 amide bonds. The number of hydrogen-bond donors (Lipinski definition) is 1. The van der Waals surface area contributed by atoms with Gasteiger partial charge in [0.05, 0.1) is 35.4 Å². The van der Waals surface area contributed by atoms with Crippen molar-refractivity contribution in [1.82, 2.24) is 14.2 Å². The zero-order valence-electron chi connectivity index (χ0n) is 17.4. The molecule has 0 bridgehead atoms. The van der Waals surface area contributed by atoms with Crippen LogP contribution in [0.15, 0.2) is 52.2 Å². The van der Waals surface area contributed by atoms with Gasteiger partial charge in [0.2, 0.25) is 15.9 Å². The number of carbonyl (C=O) groups is 1. The van der Waals surface area contributed by atoms with E-state index in [-0.39, 0.29) is 28.8 Å². The number of nitrogens with zero attached hydrogens (tertiary/aromatic N) is 2. The number of methoxy groups -OCH3 is 1. The van der Waals surface area contributed by atoms with Crippen molar-refractivity contribution in [2.24, 2.45) is 0 Å². The molecule has 0 spiro atoms. The lowest BCUT2D eigenvalue weighted by molar-refractivity contribution is -0.135. The Labute approximate surface area is 189 Å². The molecule has 0 saturated carbocycles. The standard InChI is InChI=1S/C21H23N3O6S2/c1-29-18-5-3-2-4-15(18)13-22-32(27,28)16-6-7-17-19(12-16)31-21(26)24(17)14-20(25)23-8-10-30-11-9-23/h2-7,12,22H,8-11,13-14H2,1H3. The molecule has 11 heteroatoms. The summed E-state index contributed by atoms with van der Waals surface area (Å²) in [5.74, 6) is 0.427. The highest BCUT2D eigenvalue weighted by molar-refractivity contribution is 7.89. The van der Waals surface area contributed by atoms with Crippen LogP contribution in [0.4, 0.5) is 0 Å². The lowest BCUT2D eigenvalue weighted by Gasteiger charge is -2.26. The Hall–Kier alpha value is -2.73. The normalized spacial score (nSPS) is 14.6. The van der Waals surface area contributed by atoms with Gasteiger partial charge >= 0.3 is 4.87 Å². The van der Waals surface area contributed by atoms with Gasteiger partial charge in [0.1, 0.15) is 12.3 Å². The van der Waals surface area contributed by atoms with E-state index in [4.69, 9.17) is 9.47 Å². The molecule has 2 heterocycles. The predicted molar refractivity (Wildman–Crippen MR) is 121 cm³/mol. The summed E-state index contributed by atoms with van der Waals surface area (Å²) < 4.78 is 40.6. The molecule has 1 aliphatic heterocycles. The topological polar surface area (TPSA) is 107 Å². The molecule has 1 saturated heterocycles. The molecule has 0 radical (unpaired) electrons. The van der Waals surface area contributed by atoms with E-state index >= 15 is 0 Å². The van der Waals surface area contributed by atoms with Crippen LogP contribution in [0.1, 0.15) is 5.56 Å². The van der Waals surface area contributed by atoms with Crippen LogP contribution in [-0.4, -0.2) is 57.2 Å². The molecule has 1 aromatic heterocycles. The average Bonchev–Trinajstić information content (AvgIpc) is 3.12. The molecule has 9 nitrogen and oxygen atoms in total. The molecule has 0 atom stereocenters. The van der Waals surface area contributed by atoms with Crippen LogP contribution < -0.4 is 14.3 Å². The maximum atomic E-state index is 12.8. The lowest BCUT2D eigenvalue weighted by Crippen LogP contribution is -2.43. The average molecular weight is 478 g/mol. The van der Waals surface area contributed by atoms with Crippen molar-refractivity contribution in [3.63, 3.8) is 0 Å². The first kappa shape index (κ1) is 22.5. The van der Waals surface area contributed by atoms with E-state index in [1.165, 1.54) is 23.8 Å². The number of morpholine rings is 1. The van der Waals surface area contributed by atoms with Crippen LogP contribution in [0.25, 0.3) is 10.2 Å². The quantitative estimate of drug-likeness (QED) is 0.552. The van der Waals surface area contributed by atoms with Gasteiger partial charge in [-0.1, -0.05) is 29.5 Å². The summed E-state index contributed by atoms with van der Waals surface area (Å²) in [5, 5.41) is 0. The predicted octanol–water partition coefficient (Wildman–Crippen LogP) is 1.41. The highest BCUT2D eigenvalue weighted by atomic mass is 32.2. The number of hydrogen-bond acceptors (Lipinski definition) is 7. The monoisotopic (exact) mass is 477 g/mol. The van der Waals surface area contributed by atoms with Gasteiger partial charge < -0.3 is 14.4 Å². The Bertz CT molecular complexity index is 1290. The summed E-state index contributed by atoms with van der Waals surface area (Å²) in [5.41, 5.74) is 1.24. The number of sulfonamides is 1. The number of para-hydroxylation sites is 1. The largest absolute Gasteiger partial charge is 0.496 e. The number of benzene rings is 2. The first-order chi connectivity index (χ1) is 15.4. The minimum atomic E-state index is -3.82. The van der Waals surface area contributed by atoms with E-state index in [1.54, 1.807) is 35.2 Å². The summed E-state index contributed by atoms with van der Waals surface area (Å²) in [6, 6.07) is 11.6. The van der Waals surface area contributed by atoms with Crippen molar-refractivity contribution in [3.8, 4) is 5.75 Å². The second-order valence-electron chi connectivity index (χ2n) is 7.21. The molecule has 2 aromatic carbocycles. The molecule has 1 N–H and O–H groups in total. The highest BCUT2D eigenvalue weighted by Gasteiger charge is 2.21.